The summed E-state index contributed by atoms with van der Waals surface area (Å²) in [4.78, 5) is 0. The van der Waals surface area contributed by atoms with Gasteiger partial charge < -0.3 is 9.47 Å². The number of halogens is 1. The van der Waals surface area contributed by atoms with E-state index in [-0.39, 0.29) is 6.79 Å². The van der Waals surface area contributed by atoms with E-state index in [0.717, 1.165) is 14.9 Å². The molecule has 0 radical (unpaired) electrons. The Hall–Kier alpha value is -1.07. The van der Waals surface area contributed by atoms with Gasteiger partial charge in [-0.2, -0.15) is 0 Å². The van der Waals surface area contributed by atoms with Gasteiger partial charge in [0.15, 0.2) is 6.79 Å². The first-order valence-corrected chi connectivity index (χ1v) is 6.42. The molecule has 0 atom stereocenters. The highest BCUT2D eigenvalue weighted by Crippen LogP contribution is 2.14. The van der Waals surface area contributed by atoms with Crippen LogP contribution in [0.2, 0.25) is 0 Å². The van der Waals surface area contributed by atoms with Crippen molar-refractivity contribution in [3.63, 3.8) is 0 Å². The van der Waals surface area contributed by atoms with Gasteiger partial charge in [0.1, 0.15) is 5.75 Å². The standard InChI is InChI=1S/C14H13IO2/c15-13-7-4-8-14(9-13)17-11-16-10-12-5-2-1-3-6-12/h1-9H,10-11H2. The minimum atomic E-state index is 0.273. The quantitative estimate of drug-likeness (QED) is 0.468. The molecule has 0 spiro atoms. The van der Waals surface area contributed by atoms with Crippen molar-refractivity contribution >= 4 is 22.6 Å². The first-order chi connectivity index (χ1) is 8.34. The molecule has 0 aliphatic carbocycles. The summed E-state index contributed by atoms with van der Waals surface area (Å²) in [6.07, 6.45) is 0. The number of benzene rings is 2. The van der Waals surface area contributed by atoms with Crippen LogP contribution in [0.1, 0.15) is 5.56 Å². The monoisotopic (exact) mass is 340 g/mol. The van der Waals surface area contributed by atoms with Crippen molar-refractivity contribution in [2.45, 2.75) is 6.61 Å². The third-order valence-electron chi connectivity index (χ3n) is 2.22. The van der Waals surface area contributed by atoms with E-state index in [9.17, 15) is 0 Å². The Balaban J connectivity index is 1.73. The topological polar surface area (TPSA) is 18.5 Å². The lowest BCUT2D eigenvalue weighted by Crippen LogP contribution is -2.02. The fourth-order valence-corrected chi connectivity index (χ4v) is 1.91. The molecular weight excluding hydrogens is 327 g/mol. The molecule has 0 aliphatic heterocycles. The van der Waals surface area contributed by atoms with E-state index in [1.807, 2.05) is 54.6 Å². The molecule has 0 saturated heterocycles. The van der Waals surface area contributed by atoms with Crippen molar-refractivity contribution in [3.05, 3.63) is 63.7 Å². The lowest BCUT2D eigenvalue weighted by atomic mass is 10.2. The van der Waals surface area contributed by atoms with Crippen LogP contribution < -0.4 is 4.74 Å². The lowest BCUT2D eigenvalue weighted by molar-refractivity contribution is 0.00501. The summed E-state index contributed by atoms with van der Waals surface area (Å²) in [6.45, 7) is 0.847. The molecular formula is C14H13IO2. The van der Waals surface area contributed by atoms with E-state index >= 15 is 0 Å². The zero-order valence-electron chi connectivity index (χ0n) is 9.30. The molecule has 2 aromatic carbocycles. The molecule has 0 aliphatic rings. The van der Waals surface area contributed by atoms with Crippen molar-refractivity contribution in [1.82, 2.24) is 0 Å². The molecule has 0 unspecified atom stereocenters. The lowest BCUT2D eigenvalue weighted by Gasteiger charge is -2.07. The summed E-state index contributed by atoms with van der Waals surface area (Å²) in [5.74, 6) is 0.838. The van der Waals surface area contributed by atoms with Crippen molar-refractivity contribution in [2.75, 3.05) is 6.79 Å². The molecule has 0 heterocycles. The molecule has 2 aromatic rings. The molecule has 0 N–H and O–H groups in total. The molecule has 17 heavy (non-hydrogen) atoms. The van der Waals surface area contributed by atoms with Gasteiger partial charge in [-0.25, -0.2) is 0 Å². The molecule has 2 rings (SSSR count). The normalized spacial score (nSPS) is 10.2. The minimum Gasteiger partial charge on any atom is -0.468 e. The molecule has 0 aromatic heterocycles. The highest BCUT2D eigenvalue weighted by molar-refractivity contribution is 14.1. The Morgan fingerprint density at radius 2 is 1.76 bits per heavy atom. The smallest absolute Gasteiger partial charge is 0.189 e. The van der Waals surface area contributed by atoms with Gasteiger partial charge in [-0.05, 0) is 46.4 Å². The first-order valence-electron chi connectivity index (χ1n) is 5.34. The van der Waals surface area contributed by atoms with Crippen LogP contribution in [0.25, 0.3) is 0 Å². The molecule has 0 amide bonds. The third-order valence-corrected chi connectivity index (χ3v) is 2.89. The highest BCUT2D eigenvalue weighted by atomic mass is 127. The average Bonchev–Trinajstić information content (AvgIpc) is 2.36. The van der Waals surface area contributed by atoms with Crippen molar-refractivity contribution in [1.29, 1.82) is 0 Å². The molecule has 0 saturated carbocycles. The van der Waals surface area contributed by atoms with Gasteiger partial charge in [0, 0.05) is 3.57 Å². The second-order valence-corrected chi connectivity index (χ2v) is 4.80. The average molecular weight is 340 g/mol. The summed E-state index contributed by atoms with van der Waals surface area (Å²) < 4.78 is 12.1. The van der Waals surface area contributed by atoms with Gasteiger partial charge in [-0.3, -0.25) is 0 Å². The Morgan fingerprint density at radius 3 is 2.53 bits per heavy atom. The van der Waals surface area contributed by atoms with E-state index in [1.165, 1.54) is 0 Å². The molecule has 3 heteroatoms. The summed E-state index contributed by atoms with van der Waals surface area (Å²) in [7, 11) is 0. The van der Waals surface area contributed by atoms with Crippen LogP contribution in [0, 0.1) is 3.57 Å². The maximum absolute atomic E-state index is 5.48. The predicted octanol–water partition coefficient (Wildman–Crippen LogP) is 3.84. The van der Waals surface area contributed by atoms with Crippen LogP contribution in [-0.4, -0.2) is 6.79 Å². The molecule has 0 bridgehead atoms. The van der Waals surface area contributed by atoms with Gasteiger partial charge in [0.25, 0.3) is 0 Å². The van der Waals surface area contributed by atoms with Crippen molar-refractivity contribution in [2.24, 2.45) is 0 Å². The third kappa shape index (κ3) is 4.36. The van der Waals surface area contributed by atoms with Crippen LogP contribution in [-0.2, 0) is 11.3 Å². The summed E-state index contributed by atoms with van der Waals surface area (Å²) in [5.41, 5.74) is 1.15. The van der Waals surface area contributed by atoms with Crippen LogP contribution in [0.5, 0.6) is 5.75 Å². The Morgan fingerprint density at radius 1 is 0.941 bits per heavy atom. The van der Waals surface area contributed by atoms with Crippen LogP contribution in [0.15, 0.2) is 54.6 Å². The summed E-state index contributed by atoms with van der Waals surface area (Å²) in [6, 6.07) is 18.0. The Kier molecular flexibility index (Phi) is 4.82. The number of rotatable bonds is 5. The van der Waals surface area contributed by atoms with E-state index in [0.29, 0.717) is 6.61 Å². The first kappa shape index (κ1) is 12.4. The Bertz CT molecular complexity index is 457. The number of hydrogen-bond donors (Lipinski definition) is 0. The van der Waals surface area contributed by atoms with Gasteiger partial charge in [-0.1, -0.05) is 36.4 Å². The van der Waals surface area contributed by atoms with Gasteiger partial charge in [0.2, 0.25) is 0 Å². The van der Waals surface area contributed by atoms with Crippen molar-refractivity contribution < 1.29 is 9.47 Å². The second kappa shape index (κ2) is 6.61. The molecule has 0 fully saturated rings. The van der Waals surface area contributed by atoms with Crippen molar-refractivity contribution in [3.8, 4) is 5.75 Å². The zero-order chi connectivity index (χ0) is 11.9. The van der Waals surface area contributed by atoms with Gasteiger partial charge in [-0.15, -0.1) is 0 Å². The summed E-state index contributed by atoms with van der Waals surface area (Å²) >= 11 is 2.25. The van der Waals surface area contributed by atoms with Gasteiger partial charge in [0.05, 0.1) is 6.61 Å². The zero-order valence-corrected chi connectivity index (χ0v) is 11.5. The van der Waals surface area contributed by atoms with Crippen LogP contribution in [0.3, 0.4) is 0 Å². The largest absolute Gasteiger partial charge is 0.468 e. The number of ether oxygens (including phenoxy) is 2. The van der Waals surface area contributed by atoms with Crippen LogP contribution in [0.4, 0.5) is 0 Å². The molecule has 2 nitrogen and oxygen atoms in total. The highest BCUT2D eigenvalue weighted by Gasteiger charge is 1.95. The number of hydrogen-bond acceptors (Lipinski definition) is 2. The maximum atomic E-state index is 5.48. The van der Waals surface area contributed by atoms with E-state index in [1.54, 1.807) is 0 Å². The fourth-order valence-electron chi connectivity index (χ4n) is 1.40. The van der Waals surface area contributed by atoms with Crippen LogP contribution >= 0.6 is 22.6 Å². The maximum Gasteiger partial charge on any atom is 0.189 e. The van der Waals surface area contributed by atoms with E-state index in [2.05, 4.69) is 22.6 Å². The second-order valence-electron chi connectivity index (χ2n) is 3.55. The van der Waals surface area contributed by atoms with E-state index < -0.39 is 0 Å². The Labute approximate surface area is 115 Å². The molecule has 88 valence electrons. The fraction of sp³-hybridized carbons (Fsp3) is 0.143. The predicted molar refractivity (Wildman–Crippen MR) is 75.9 cm³/mol. The van der Waals surface area contributed by atoms with Gasteiger partial charge >= 0.3 is 0 Å². The minimum absolute atomic E-state index is 0.273. The SMILES string of the molecule is Ic1cccc(OCOCc2ccccc2)c1. The summed E-state index contributed by atoms with van der Waals surface area (Å²) in [5, 5.41) is 0. The van der Waals surface area contributed by atoms with E-state index in [4.69, 9.17) is 9.47 Å².